The van der Waals surface area contributed by atoms with Crippen LogP contribution >= 0.6 is 0 Å². The van der Waals surface area contributed by atoms with Crippen molar-refractivity contribution in [1.82, 2.24) is 0 Å². The van der Waals surface area contributed by atoms with Crippen molar-refractivity contribution >= 4 is 0 Å². The van der Waals surface area contributed by atoms with Gasteiger partial charge in [0, 0.05) is 7.11 Å². The van der Waals surface area contributed by atoms with Gasteiger partial charge in [0.25, 0.3) is 0 Å². The molecule has 0 heterocycles. The van der Waals surface area contributed by atoms with Crippen molar-refractivity contribution in [2.75, 3.05) is 27.1 Å². The second kappa shape index (κ2) is 18.7. The van der Waals surface area contributed by atoms with E-state index in [-0.39, 0.29) is 25.1 Å². The molecule has 0 unspecified atom stereocenters. The number of rotatable bonds is 21. The minimum Gasteiger partial charge on any atom is -0.382 e. The molecule has 2 aromatic carbocycles. The van der Waals surface area contributed by atoms with Crippen LogP contribution in [-0.2, 0) is 36.9 Å². The highest BCUT2D eigenvalue weighted by Gasteiger charge is 2.23. The van der Waals surface area contributed by atoms with Crippen molar-refractivity contribution in [3.8, 4) is 0 Å². The van der Waals surface area contributed by atoms with Gasteiger partial charge in [0.05, 0.1) is 38.6 Å². The number of hydrogen-bond donors (Lipinski definition) is 0. The van der Waals surface area contributed by atoms with Crippen LogP contribution in [0.5, 0.6) is 0 Å². The van der Waals surface area contributed by atoms with E-state index in [4.69, 9.17) is 23.7 Å². The predicted molar refractivity (Wildman–Crippen MR) is 150 cm³/mol. The molecule has 0 fully saturated rings. The lowest BCUT2D eigenvalue weighted by Gasteiger charge is -2.27. The molecule has 0 aliphatic rings. The third-order valence-corrected chi connectivity index (χ3v) is 6.01. The maximum absolute atomic E-state index is 6.38. The Kier molecular flexibility index (Phi) is 15.5. The molecule has 0 saturated heterocycles. The lowest BCUT2D eigenvalue weighted by molar-refractivity contribution is -0.0888. The number of methoxy groups -OCH3 is 1. The van der Waals surface area contributed by atoms with Crippen LogP contribution in [0.4, 0.5) is 0 Å². The van der Waals surface area contributed by atoms with Crippen molar-refractivity contribution in [2.45, 2.75) is 57.7 Å². The SMILES string of the molecule is C=C[C@H](C[C@@H](C)CC(=C)C[C@H](OCc1ccccc1)[C@H](C=C)OCc1ccccc1)OCOCCOC. The number of hydrogen-bond acceptors (Lipinski definition) is 5. The Bertz CT molecular complexity index is 883. The summed E-state index contributed by atoms with van der Waals surface area (Å²) in [4.78, 5) is 0. The molecule has 0 radical (unpaired) electrons. The summed E-state index contributed by atoms with van der Waals surface area (Å²) in [5, 5.41) is 0. The maximum Gasteiger partial charge on any atom is 0.147 e. The first-order valence-electron chi connectivity index (χ1n) is 13.0. The van der Waals surface area contributed by atoms with Gasteiger partial charge in [0.1, 0.15) is 12.9 Å². The first-order chi connectivity index (χ1) is 18.0. The first kappa shape index (κ1) is 30.7. The van der Waals surface area contributed by atoms with Gasteiger partial charge in [-0.05, 0) is 36.3 Å². The van der Waals surface area contributed by atoms with Crippen LogP contribution < -0.4 is 0 Å². The van der Waals surface area contributed by atoms with Crippen LogP contribution in [0.1, 0.15) is 37.3 Å². The quantitative estimate of drug-likeness (QED) is 0.104. The zero-order valence-corrected chi connectivity index (χ0v) is 22.6. The standard InChI is InChI=1S/C32H44O5/c1-6-30(37-25-34-19-18-33-5)21-26(3)20-27(4)22-32(36-24-29-16-12-9-13-17-29)31(7-2)35-23-28-14-10-8-11-15-28/h6-17,26,30-32H,1-2,4,18-25H2,3,5H3/t26-,30+,31-,32-/m0/s1. The van der Waals surface area contributed by atoms with Gasteiger partial charge in [0.15, 0.2) is 0 Å². The van der Waals surface area contributed by atoms with Crippen molar-refractivity contribution in [2.24, 2.45) is 5.92 Å². The average molecular weight is 509 g/mol. The highest BCUT2D eigenvalue weighted by Crippen LogP contribution is 2.24. The Hall–Kier alpha value is -2.54. The highest BCUT2D eigenvalue weighted by molar-refractivity contribution is 5.15. The van der Waals surface area contributed by atoms with Gasteiger partial charge in [-0.25, -0.2) is 0 Å². The fourth-order valence-corrected chi connectivity index (χ4v) is 4.05. The molecule has 0 bridgehead atoms. The lowest BCUT2D eigenvalue weighted by atomic mass is 9.92. The molecule has 37 heavy (non-hydrogen) atoms. The van der Waals surface area contributed by atoms with E-state index < -0.39 is 0 Å². The molecule has 4 atom stereocenters. The molecule has 5 nitrogen and oxygen atoms in total. The van der Waals surface area contributed by atoms with E-state index in [0.717, 1.165) is 29.5 Å². The molecule has 0 saturated carbocycles. The molecule has 5 heteroatoms. The fourth-order valence-electron chi connectivity index (χ4n) is 4.05. The van der Waals surface area contributed by atoms with E-state index in [1.165, 1.54) is 0 Å². The summed E-state index contributed by atoms with van der Waals surface area (Å²) in [5.41, 5.74) is 3.35. The van der Waals surface area contributed by atoms with Gasteiger partial charge in [-0.15, -0.1) is 13.2 Å². The van der Waals surface area contributed by atoms with E-state index in [2.05, 4.69) is 50.9 Å². The van der Waals surface area contributed by atoms with E-state index >= 15 is 0 Å². The molecule has 0 aliphatic carbocycles. The zero-order valence-electron chi connectivity index (χ0n) is 22.6. The van der Waals surface area contributed by atoms with Gasteiger partial charge in [-0.1, -0.05) is 91.9 Å². The Morgan fingerprint density at radius 3 is 2.00 bits per heavy atom. The van der Waals surface area contributed by atoms with Crippen LogP contribution in [0.15, 0.2) is 98.1 Å². The molecule has 202 valence electrons. The van der Waals surface area contributed by atoms with Gasteiger partial charge in [-0.3, -0.25) is 0 Å². The molecule has 0 spiro atoms. The minimum absolute atomic E-state index is 0.0781. The molecular formula is C32H44O5. The number of ether oxygens (including phenoxy) is 5. The second-order valence-corrected chi connectivity index (χ2v) is 9.29. The smallest absolute Gasteiger partial charge is 0.147 e. The summed E-state index contributed by atoms with van der Waals surface area (Å²) >= 11 is 0. The van der Waals surface area contributed by atoms with Crippen LogP contribution in [-0.4, -0.2) is 45.4 Å². The van der Waals surface area contributed by atoms with E-state index in [1.54, 1.807) is 7.11 Å². The highest BCUT2D eigenvalue weighted by atomic mass is 16.7. The summed E-state index contributed by atoms with van der Waals surface area (Å²) in [5.74, 6) is 0.358. The molecule has 0 aromatic heterocycles. The lowest BCUT2D eigenvalue weighted by Crippen LogP contribution is -2.30. The van der Waals surface area contributed by atoms with Crippen LogP contribution in [0.2, 0.25) is 0 Å². The van der Waals surface area contributed by atoms with Crippen LogP contribution in [0, 0.1) is 5.92 Å². The van der Waals surface area contributed by atoms with Crippen molar-refractivity contribution in [1.29, 1.82) is 0 Å². The molecule has 2 rings (SSSR count). The minimum atomic E-state index is -0.260. The third-order valence-electron chi connectivity index (χ3n) is 6.01. The summed E-state index contributed by atoms with van der Waals surface area (Å²) in [6.45, 7) is 16.8. The molecular weight excluding hydrogens is 464 g/mol. The fraction of sp³-hybridized carbons (Fsp3) is 0.438. The molecule has 0 amide bonds. The second-order valence-electron chi connectivity index (χ2n) is 9.29. The summed E-state index contributed by atoms with van der Waals surface area (Å²) in [6, 6.07) is 20.3. The van der Waals surface area contributed by atoms with Gasteiger partial charge >= 0.3 is 0 Å². The van der Waals surface area contributed by atoms with Crippen molar-refractivity contribution in [3.63, 3.8) is 0 Å². The summed E-state index contributed by atoms with van der Waals surface area (Å²) in [6.07, 6.45) is 5.50. The third kappa shape index (κ3) is 13.0. The van der Waals surface area contributed by atoms with Gasteiger partial charge in [0.2, 0.25) is 0 Å². The Balaban J connectivity index is 1.93. The van der Waals surface area contributed by atoms with Crippen molar-refractivity contribution in [3.05, 3.63) is 109 Å². The largest absolute Gasteiger partial charge is 0.382 e. The van der Waals surface area contributed by atoms with E-state index in [9.17, 15) is 0 Å². The van der Waals surface area contributed by atoms with Crippen molar-refractivity contribution < 1.29 is 23.7 Å². The normalized spacial score (nSPS) is 14.4. The zero-order chi connectivity index (χ0) is 26.7. The van der Waals surface area contributed by atoms with E-state index in [1.807, 2.05) is 48.6 Å². The maximum atomic E-state index is 6.38. The predicted octanol–water partition coefficient (Wildman–Crippen LogP) is 6.90. The summed E-state index contributed by atoms with van der Waals surface area (Å²) in [7, 11) is 1.65. The topological polar surface area (TPSA) is 46.2 Å². The Morgan fingerprint density at radius 1 is 0.811 bits per heavy atom. The van der Waals surface area contributed by atoms with Crippen LogP contribution in [0.25, 0.3) is 0 Å². The average Bonchev–Trinajstić information content (AvgIpc) is 2.92. The van der Waals surface area contributed by atoms with E-state index in [0.29, 0.717) is 38.8 Å². The molecule has 0 N–H and O–H groups in total. The first-order valence-corrected chi connectivity index (χ1v) is 13.0. The van der Waals surface area contributed by atoms with Gasteiger partial charge in [-0.2, -0.15) is 0 Å². The van der Waals surface area contributed by atoms with Gasteiger partial charge < -0.3 is 23.7 Å². The van der Waals surface area contributed by atoms with Crippen LogP contribution in [0.3, 0.4) is 0 Å². The number of benzene rings is 2. The Labute approximate surface area is 223 Å². The summed E-state index contributed by atoms with van der Waals surface area (Å²) < 4.78 is 28.8. The molecule has 0 aliphatic heterocycles. The molecule has 2 aromatic rings. The Morgan fingerprint density at radius 2 is 1.43 bits per heavy atom. The monoisotopic (exact) mass is 508 g/mol.